The van der Waals surface area contributed by atoms with Gasteiger partial charge in [0.1, 0.15) is 17.1 Å². The Balaban J connectivity index is 2.66. The van der Waals surface area contributed by atoms with Crippen LogP contribution in [-0.2, 0) is 19.1 Å². The fourth-order valence-corrected chi connectivity index (χ4v) is 1.93. The summed E-state index contributed by atoms with van der Waals surface area (Å²) in [5.74, 6) is -1.42. The second-order valence-corrected chi connectivity index (χ2v) is 5.80. The van der Waals surface area contributed by atoms with E-state index in [0.29, 0.717) is 13.0 Å². The molecule has 0 aromatic rings. The van der Waals surface area contributed by atoms with Gasteiger partial charge in [0.2, 0.25) is 0 Å². The van der Waals surface area contributed by atoms with Crippen LogP contribution in [0.3, 0.4) is 0 Å². The Kier molecular flexibility index (Phi) is 3.97. The Hall–Kier alpha value is -0.900. The number of carbonyl (C=O) groups excluding carboxylic acids is 2. The summed E-state index contributed by atoms with van der Waals surface area (Å²) in [7, 11) is 0. The molecule has 4 heteroatoms. The number of hydrogen-bond acceptors (Lipinski definition) is 4. The van der Waals surface area contributed by atoms with Gasteiger partial charge in [-0.1, -0.05) is 0 Å². The largest absolute Gasteiger partial charge is 0.459 e. The summed E-state index contributed by atoms with van der Waals surface area (Å²) in [6.07, 6.45) is 1.54. The summed E-state index contributed by atoms with van der Waals surface area (Å²) in [4.78, 5) is 24.0. The molecule has 1 fully saturated rings. The van der Waals surface area contributed by atoms with Crippen molar-refractivity contribution in [2.75, 3.05) is 6.61 Å². The predicted octanol–water partition coefficient (Wildman–Crippen LogP) is 2.10. The summed E-state index contributed by atoms with van der Waals surface area (Å²) < 4.78 is 10.7. The first-order valence-corrected chi connectivity index (χ1v) is 6.07. The van der Waals surface area contributed by atoms with Gasteiger partial charge in [-0.3, -0.25) is 9.59 Å². The summed E-state index contributed by atoms with van der Waals surface area (Å²) in [6.45, 7) is 9.29. The van der Waals surface area contributed by atoms with E-state index in [4.69, 9.17) is 9.47 Å². The molecule has 1 saturated heterocycles. The molecular formula is C13H22O4. The van der Waals surface area contributed by atoms with Gasteiger partial charge in [0.05, 0.1) is 0 Å². The van der Waals surface area contributed by atoms with Crippen LogP contribution < -0.4 is 0 Å². The van der Waals surface area contributed by atoms with E-state index in [9.17, 15) is 9.59 Å². The molecule has 4 nitrogen and oxygen atoms in total. The quantitative estimate of drug-likeness (QED) is 0.562. The Morgan fingerprint density at radius 2 is 1.94 bits per heavy atom. The molecule has 17 heavy (non-hydrogen) atoms. The van der Waals surface area contributed by atoms with E-state index in [1.165, 1.54) is 0 Å². The summed E-state index contributed by atoms with van der Waals surface area (Å²) in [5.41, 5.74) is -1.38. The lowest BCUT2D eigenvalue weighted by atomic mass is 9.89. The second-order valence-electron chi connectivity index (χ2n) is 5.80. The average Bonchev–Trinajstić information content (AvgIpc) is 2.61. The SMILES string of the molecule is CC(C(=O)OC(C)(C)C)C(=O)C1(C)CCCO1. The third-order valence-corrected chi connectivity index (χ3v) is 2.89. The first-order valence-electron chi connectivity index (χ1n) is 6.07. The van der Waals surface area contributed by atoms with Gasteiger partial charge in [0.15, 0.2) is 5.78 Å². The topological polar surface area (TPSA) is 52.6 Å². The Bertz CT molecular complexity index is 308. The van der Waals surface area contributed by atoms with Crippen LogP contribution in [0.5, 0.6) is 0 Å². The normalized spacial score (nSPS) is 26.6. The maximum absolute atomic E-state index is 12.2. The number of ketones is 1. The lowest BCUT2D eigenvalue weighted by Gasteiger charge is -2.27. The zero-order chi connectivity index (χ0) is 13.3. The van der Waals surface area contributed by atoms with Crippen molar-refractivity contribution in [2.24, 2.45) is 5.92 Å². The van der Waals surface area contributed by atoms with E-state index in [2.05, 4.69) is 0 Å². The molecule has 2 atom stereocenters. The van der Waals surface area contributed by atoms with E-state index in [1.807, 2.05) is 0 Å². The first-order chi connectivity index (χ1) is 7.66. The molecule has 1 heterocycles. The molecule has 0 saturated carbocycles. The predicted molar refractivity (Wildman–Crippen MR) is 63.6 cm³/mol. The minimum absolute atomic E-state index is 0.177. The van der Waals surface area contributed by atoms with Gasteiger partial charge >= 0.3 is 5.97 Å². The molecule has 1 rings (SSSR count). The van der Waals surface area contributed by atoms with Crippen molar-refractivity contribution >= 4 is 11.8 Å². The van der Waals surface area contributed by atoms with Gasteiger partial charge in [-0.25, -0.2) is 0 Å². The van der Waals surface area contributed by atoms with Gasteiger partial charge < -0.3 is 9.47 Å². The van der Waals surface area contributed by atoms with E-state index in [0.717, 1.165) is 6.42 Å². The number of carbonyl (C=O) groups is 2. The zero-order valence-corrected chi connectivity index (χ0v) is 11.3. The molecule has 98 valence electrons. The molecule has 0 spiro atoms. The molecule has 0 N–H and O–H groups in total. The highest BCUT2D eigenvalue weighted by atomic mass is 16.6. The Morgan fingerprint density at radius 1 is 1.35 bits per heavy atom. The first kappa shape index (κ1) is 14.2. The van der Waals surface area contributed by atoms with Gasteiger partial charge in [-0.2, -0.15) is 0 Å². The maximum atomic E-state index is 12.2. The smallest absolute Gasteiger partial charge is 0.316 e. The average molecular weight is 242 g/mol. The van der Waals surface area contributed by atoms with Crippen LogP contribution in [-0.4, -0.2) is 29.6 Å². The van der Waals surface area contributed by atoms with Crippen molar-refractivity contribution in [2.45, 2.75) is 58.7 Å². The highest BCUT2D eigenvalue weighted by molar-refractivity contribution is 6.03. The van der Waals surface area contributed by atoms with Gasteiger partial charge in [-0.05, 0) is 47.5 Å². The lowest BCUT2D eigenvalue weighted by molar-refractivity contribution is -0.165. The van der Waals surface area contributed by atoms with E-state index in [-0.39, 0.29) is 5.78 Å². The van der Waals surface area contributed by atoms with Gasteiger partial charge in [0.25, 0.3) is 0 Å². The molecule has 1 aliphatic rings. The minimum atomic E-state index is -0.809. The van der Waals surface area contributed by atoms with E-state index >= 15 is 0 Å². The highest BCUT2D eigenvalue weighted by Crippen LogP contribution is 2.29. The van der Waals surface area contributed by atoms with Gasteiger partial charge in [-0.15, -0.1) is 0 Å². The molecule has 2 unspecified atom stereocenters. The third kappa shape index (κ3) is 3.53. The fraction of sp³-hybridized carbons (Fsp3) is 0.846. The molecule has 0 radical (unpaired) electrons. The summed E-state index contributed by atoms with van der Waals surface area (Å²) in [5, 5.41) is 0. The number of esters is 1. The van der Waals surface area contributed by atoms with Crippen LogP contribution in [0.25, 0.3) is 0 Å². The Morgan fingerprint density at radius 3 is 2.35 bits per heavy atom. The maximum Gasteiger partial charge on any atom is 0.316 e. The molecule has 0 aromatic carbocycles. The van der Waals surface area contributed by atoms with Crippen LogP contribution in [0.15, 0.2) is 0 Å². The molecule has 0 aromatic heterocycles. The van der Waals surface area contributed by atoms with E-state index in [1.54, 1.807) is 34.6 Å². The van der Waals surface area contributed by atoms with Crippen molar-refractivity contribution in [3.8, 4) is 0 Å². The standard InChI is InChI=1S/C13H22O4/c1-9(11(15)17-12(2,3)4)10(14)13(5)7-6-8-16-13/h9H,6-8H2,1-5H3. The van der Waals surface area contributed by atoms with E-state index < -0.39 is 23.1 Å². The molecule has 1 aliphatic heterocycles. The van der Waals surface area contributed by atoms with Crippen molar-refractivity contribution in [1.82, 2.24) is 0 Å². The fourth-order valence-electron chi connectivity index (χ4n) is 1.93. The van der Waals surface area contributed by atoms with Gasteiger partial charge in [0, 0.05) is 6.61 Å². The number of hydrogen-bond donors (Lipinski definition) is 0. The van der Waals surface area contributed by atoms with Crippen LogP contribution >= 0.6 is 0 Å². The summed E-state index contributed by atoms with van der Waals surface area (Å²) in [6, 6.07) is 0. The van der Waals surface area contributed by atoms with Crippen molar-refractivity contribution < 1.29 is 19.1 Å². The monoisotopic (exact) mass is 242 g/mol. The number of rotatable bonds is 3. The Labute approximate surface area is 103 Å². The molecule has 0 aliphatic carbocycles. The molecule has 0 bridgehead atoms. The van der Waals surface area contributed by atoms with Crippen LogP contribution in [0.2, 0.25) is 0 Å². The summed E-state index contributed by atoms with van der Waals surface area (Å²) >= 11 is 0. The highest BCUT2D eigenvalue weighted by Gasteiger charge is 2.43. The lowest BCUT2D eigenvalue weighted by Crippen LogP contribution is -2.42. The van der Waals surface area contributed by atoms with Crippen LogP contribution in [0.1, 0.15) is 47.5 Å². The van der Waals surface area contributed by atoms with Crippen LogP contribution in [0, 0.1) is 5.92 Å². The number of Topliss-reactive ketones (excluding diaryl/α,β-unsaturated/α-hetero) is 1. The zero-order valence-electron chi connectivity index (χ0n) is 11.3. The van der Waals surface area contributed by atoms with Crippen LogP contribution in [0.4, 0.5) is 0 Å². The van der Waals surface area contributed by atoms with Crippen molar-refractivity contribution in [1.29, 1.82) is 0 Å². The second kappa shape index (κ2) is 4.77. The number of ether oxygens (including phenoxy) is 2. The van der Waals surface area contributed by atoms with Crippen molar-refractivity contribution in [3.63, 3.8) is 0 Å². The molecule has 0 amide bonds. The molecular weight excluding hydrogens is 220 g/mol. The third-order valence-electron chi connectivity index (χ3n) is 2.89. The minimum Gasteiger partial charge on any atom is -0.459 e. The van der Waals surface area contributed by atoms with Crippen molar-refractivity contribution in [3.05, 3.63) is 0 Å².